The Morgan fingerprint density at radius 1 is 1.35 bits per heavy atom. The van der Waals surface area contributed by atoms with Crippen molar-refractivity contribution in [2.45, 2.75) is 45.7 Å². The summed E-state index contributed by atoms with van der Waals surface area (Å²) in [6, 6.07) is 8.23. The fourth-order valence-corrected chi connectivity index (χ4v) is 2.37. The zero-order valence-electron chi connectivity index (χ0n) is 12.9. The number of carbonyl (C=O) groups is 1. The maximum atomic E-state index is 11.9. The van der Waals surface area contributed by atoms with Crippen LogP contribution in [-0.2, 0) is 11.3 Å². The molecular formula is C16H27N3O. The second-order valence-corrected chi connectivity index (χ2v) is 5.15. The van der Waals surface area contributed by atoms with Gasteiger partial charge in [-0.15, -0.1) is 0 Å². The predicted octanol–water partition coefficient (Wildman–Crippen LogP) is 2.59. The van der Waals surface area contributed by atoms with E-state index in [4.69, 9.17) is 5.73 Å². The Bertz CT molecular complexity index is 416. The molecule has 112 valence electrons. The first-order chi connectivity index (χ1) is 9.60. The topological polar surface area (TPSA) is 58.4 Å². The van der Waals surface area contributed by atoms with Gasteiger partial charge >= 0.3 is 0 Å². The van der Waals surface area contributed by atoms with Gasteiger partial charge < -0.3 is 16.0 Å². The van der Waals surface area contributed by atoms with Crippen molar-refractivity contribution < 1.29 is 4.79 Å². The smallest absolute Gasteiger partial charge is 0.225 e. The Morgan fingerprint density at radius 2 is 2.05 bits per heavy atom. The van der Waals surface area contributed by atoms with Crippen molar-refractivity contribution in [3.63, 3.8) is 0 Å². The van der Waals surface area contributed by atoms with E-state index in [1.54, 1.807) is 0 Å². The summed E-state index contributed by atoms with van der Waals surface area (Å²) in [5.41, 5.74) is 7.44. The lowest BCUT2D eigenvalue weighted by Crippen LogP contribution is -2.33. The summed E-state index contributed by atoms with van der Waals surface area (Å²) < 4.78 is 0. The highest BCUT2D eigenvalue weighted by molar-refractivity contribution is 5.90. The van der Waals surface area contributed by atoms with Gasteiger partial charge in [-0.05, 0) is 37.6 Å². The number of nitrogens with one attached hydrogen (secondary N) is 1. The monoisotopic (exact) mass is 277 g/mol. The number of hydrogen-bond donors (Lipinski definition) is 2. The van der Waals surface area contributed by atoms with Gasteiger partial charge in [0.05, 0.1) is 0 Å². The van der Waals surface area contributed by atoms with Gasteiger partial charge in [0.15, 0.2) is 0 Å². The molecule has 0 bridgehead atoms. The fourth-order valence-electron chi connectivity index (χ4n) is 2.37. The number of rotatable bonds is 8. The molecule has 0 heterocycles. The van der Waals surface area contributed by atoms with E-state index in [1.165, 1.54) is 0 Å². The largest absolute Gasteiger partial charge is 0.326 e. The van der Waals surface area contributed by atoms with Crippen molar-refractivity contribution in [3.05, 3.63) is 29.8 Å². The standard InChI is InChI=1S/C16H27N3O/c1-4-15(5-2)19(3)10-9-16(20)18-14-8-6-7-13(11-14)12-17/h6-8,11,15H,4-5,9-10,12,17H2,1-3H3,(H,18,20). The molecule has 0 aromatic heterocycles. The summed E-state index contributed by atoms with van der Waals surface area (Å²) in [4.78, 5) is 14.2. The van der Waals surface area contributed by atoms with Crippen LogP contribution in [0.15, 0.2) is 24.3 Å². The fraction of sp³-hybridized carbons (Fsp3) is 0.562. The second kappa shape index (κ2) is 8.72. The molecular weight excluding hydrogens is 250 g/mol. The molecule has 1 amide bonds. The summed E-state index contributed by atoms with van der Waals surface area (Å²) in [7, 11) is 2.08. The van der Waals surface area contributed by atoms with Crippen LogP contribution in [0.4, 0.5) is 5.69 Å². The molecule has 20 heavy (non-hydrogen) atoms. The number of carbonyl (C=O) groups excluding carboxylic acids is 1. The molecule has 0 aliphatic heterocycles. The number of anilines is 1. The summed E-state index contributed by atoms with van der Waals surface area (Å²) >= 11 is 0. The number of nitrogens with zero attached hydrogens (tertiary/aromatic N) is 1. The average molecular weight is 277 g/mol. The number of benzene rings is 1. The average Bonchev–Trinajstić information content (AvgIpc) is 2.46. The minimum atomic E-state index is 0.0528. The lowest BCUT2D eigenvalue weighted by molar-refractivity contribution is -0.116. The minimum Gasteiger partial charge on any atom is -0.326 e. The molecule has 0 aliphatic carbocycles. The molecule has 0 saturated heterocycles. The van der Waals surface area contributed by atoms with Crippen LogP contribution in [0, 0.1) is 0 Å². The molecule has 1 aromatic rings. The van der Waals surface area contributed by atoms with E-state index in [0.717, 1.165) is 30.6 Å². The zero-order valence-corrected chi connectivity index (χ0v) is 12.9. The van der Waals surface area contributed by atoms with Gasteiger partial charge in [0.1, 0.15) is 0 Å². The van der Waals surface area contributed by atoms with Gasteiger partial charge in [0, 0.05) is 31.2 Å². The third-order valence-corrected chi connectivity index (χ3v) is 3.70. The summed E-state index contributed by atoms with van der Waals surface area (Å²) in [6.07, 6.45) is 2.75. The Morgan fingerprint density at radius 3 is 2.65 bits per heavy atom. The van der Waals surface area contributed by atoms with E-state index in [2.05, 4.69) is 31.1 Å². The molecule has 0 fully saturated rings. The third-order valence-electron chi connectivity index (χ3n) is 3.70. The van der Waals surface area contributed by atoms with Crippen LogP contribution < -0.4 is 11.1 Å². The number of amides is 1. The zero-order chi connectivity index (χ0) is 15.0. The van der Waals surface area contributed by atoms with Crippen LogP contribution in [0.2, 0.25) is 0 Å². The first-order valence-electron chi connectivity index (χ1n) is 7.39. The Hall–Kier alpha value is -1.39. The molecule has 0 aliphatic rings. The van der Waals surface area contributed by atoms with Crippen molar-refractivity contribution in [2.75, 3.05) is 18.9 Å². The minimum absolute atomic E-state index is 0.0528. The highest BCUT2D eigenvalue weighted by Crippen LogP contribution is 2.11. The molecule has 3 N–H and O–H groups in total. The summed E-state index contributed by atoms with van der Waals surface area (Å²) in [6.45, 7) is 5.64. The Kier molecular flexibility index (Phi) is 7.26. The molecule has 1 rings (SSSR count). The molecule has 4 heteroatoms. The number of hydrogen-bond acceptors (Lipinski definition) is 3. The highest BCUT2D eigenvalue weighted by atomic mass is 16.1. The van der Waals surface area contributed by atoms with Crippen LogP contribution in [-0.4, -0.2) is 30.4 Å². The van der Waals surface area contributed by atoms with E-state index in [9.17, 15) is 4.79 Å². The SMILES string of the molecule is CCC(CC)N(C)CCC(=O)Nc1cccc(CN)c1. The molecule has 0 atom stereocenters. The highest BCUT2D eigenvalue weighted by Gasteiger charge is 2.12. The first kappa shape index (κ1) is 16.7. The van der Waals surface area contributed by atoms with Gasteiger partial charge in [0.25, 0.3) is 0 Å². The van der Waals surface area contributed by atoms with E-state index in [-0.39, 0.29) is 5.91 Å². The maximum Gasteiger partial charge on any atom is 0.225 e. The lowest BCUT2D eigenvalue weighted by atomic mass is 10.1. The van der Waals surface area contributed by atoms with Crippen LogP contribution in [0.1, 0.15) is 38.7 Å². The quantitative estimate of drug-likeness (QED) is 0.768. The normalized spacial score (nSPS) is 11.1. The van der Waals surface area contributed by atoms with E-state index in [0.29, 0.717) is 19.0 Å². The van der Waals surface area contributed by atoms with E-state index < -0.39 is 0 Å². The maximum absolute atomic E-state index is 11.9. The first-order valence-corrected chi connectivity index (χ1v) is 7.39. The van der Waals surface area contributed by atoms with E-state index in [1.807, 2.05) is 24.3 Å². The molecule has 0 spiro atoms. The van der Waals surface area contributed by atoms with Gasteiger partial charge in [-0.1, -0.05) is 26.0 Å². The molecule has 1 aromatic carbocycles. The van der Waals surface area contributed by atoms with Gasteiger partial charge in [-0.2, -0.15) is 0 Å². The third kappa shape index (κ3) is 5.31. The summed E-state index contributed by atoms with van der Waals surface area (Å²) in [5, 5.41) is 2.93. The molecule has 0 radical (unpaired) electrons. The van der Waals surface area contributed by atoms with Gasteiger partial charge in [-0.25, -0.2) is 0 Å². The van der Waals surface area contributed by atoms with Crippen molar-refractivity contribution >= 4 is 11.6 Å². The lowest BCUT2D eigenvalue weighted by Gasteiger charge is -2.25. The second-order valence-electron chi connectivity index (χ2n) is 5.15. The van der Waals surface area contributed by atoms with Gasteiger partial charge in [-0.3, -0.25) is 4.79 Å². The predicted molar refractivity (Wildman–Crippen MR) is 84.6 cm³/mol. The van der Waals surface area contributed by atoms with Crippen LogP contribution >= 0.6 is 0 Å². The molecule has 4 nitrogen and oxygen atoms in total. The Balaban J connectivity index is 2.43. The number of nitrogens with two attached hydrogens (primary N) is 1. The Labute approximate surface area is 122 Å². The molecule has 0 saturated carbocycles. The van der Waals surface area contributed by atoms with Crippen molar-refractivity contribution in [3.8, 4) is 0 Å². The molecule has 0 unspecified atom stereocenters. The van der Waals surface area contributed by atoms with Crippen molar-refractivity contribution in [1.29, 1.82) is 0 Å². The van der Waals surface area contributed by atoms with Crippen molar-refractivity contribution in [2.24, 2.45) is 5.73 Å². The summed E-state index contributed by atoms with van der Waals surface area (Å²) in [5.74, 6) is 0.0528. The van der Waals surface area contributed by atoms with Gasteiger partial charge in [0.2, 0.25) is 5.91 Å². The van der Waals surface area contributed by atoms with E-state index >= 15 is 0 Å². The van der Waals surface area contributed by atoms with Crippen LogP contribution in [0.3, 0.4) is 0 Å². The van der Waals surface area contributed by atoms with Crippen molar-refractivity contribution in [1.82, 2.24) is 4.90 Å². The van der Waals surface area contributed by atoms with Crippen LogP contribution in [0.5, 0.6) is 0 Å². The van der Waals surface area contributed by atoms with Crippen LogP contribution in [0.25, 0.3) is 0 Å².